The van der Waals surface area contributed by atoms with E-state index in [9.17, 15) is 18.0 Å². The topological polar surface area (TPSA) is 65.4 Å². The second-order valence-corrected chi connectivity index (χ2v) is 6.35. The molecular formula is C22H20F3N3O3. The van der Waals surface area contributed by atoms with Crippen LogP contribution in [0.4, 0.5) is 18.9 Å². The minimum absolute atomic E-state index is 0.0952. The minimum Gasteiger partial charge on any atom is -0.490 e. The number of hydrogen-bond acceptors (Lipinski definition) is 4. The molecule has 0 aliphatic rings. The van der Waals surface area contributed by atoms with Gasteiger partial charge in [-0.25, -0.2) is 9.37 Å². The summed E-state index contributed by atoms with van der Waals surface area (Å²) in [7, 11) is 0. The third-order valence-electron chi connectivity index (χ3n) is 4.21. The molecule has 0 aliphatic carbocycles. The number of hydrogen-bond donors (Lipinski definition) is 1. The quantitative estimate of drug-likeness (QED) is 0.512. The molecule has 0 spiro atoms. The molecule has 3 aromatic rings. The highest BCUT2D eigenvalue weighted by Gasteiger charge is 2.12. The summed E-state index contributed by atoms with van der Waals surface area (Å²) in [6.07, 6.45) is 5.93. The zero-order valence-corrected chi connectivity index (χ0v) is 16.8. The molecule has 0 saturated carbocycles. The van der Waals surface area contributed by atoms with Crippen molar-refractivity contribution in [2.75, 3.05) is 11.9 Å². The first-order valence-electron chi connectivity index (χ1n) is 9.38. The van der Waals surface area contributed by atoms with Gasteiger partial charge in [-0.15, -0.1) is 0 Å². The van der Waals surface area contributed by atoms with Crippen LogP contribution in [0.1, 0.15) is 18.3 Å². The number of alkyl halides is 2. The number of aromatic nitrogens is 2. The minimum atomic E-state index is -2.98. The van der Waals surface area contributed by atoms with E-state index in [2.05, 4.69) is 15.0 Å². The summed E-state index contributed by atoms with van der Waals surface area (Å²) in [6, 6.07) is 8.65. The monoisotopic (exact) mass is 431 g/mol. The van der Waals surface area contributed by atoms with Crippen molar-refractivity contribution in [1.29, 1.82) is 0 Å². The molecule has 0 unspecified atom stereocenters. The molecule has 162 valence electrons. The summed E-state index contributed by atoms with van der Waals surface area (Å²) in [5.41, 5.74) is 1.14. The number of ether oxygens (including phenoxy) is 2. The van der Waals surface area contributed by atoms with E-state index in [1.54, 1.807) is 42.9 Å². The van der Waals surface area contributed by atoms with E-state index in [1.807, 2.05) is 0 Å². The molecular weight excluding hydrogens is 411 g/mol. The number of amides is 1. The van der Waals surface area contributed by atoms with Gasteiger partial charge in [0.15, 0.2) is 11.5 Å². The number of anilines is 1. The lowest BCUT2D eigenvalue weighted by Gasteiger charge is -2.11. The van der Waals surface area contributed by atoms with E-state index in [-0.39, 0.29) is 23.8 Å². The lowest BCUT2D eigenvalue weighted by Crippen LogP contribution is -2.09. The number of halogens is 3. The van der Waals surface area contributed by atoms with Gasteiger partial charge in [-0.2, -0.15) is 8.78 Å². The van der Waals surface area contributed by atoms with E-state index in [4.69, 9.17) is 4.74 Å². The van der Waals surface area contributed by atoms with Gasteiger partial charge in [0.2, 0.25) is 5.91 Å². The summed E-state index contributed by atoms with van der Waals surface area (Å²) in [5, 5.41) is 2.57. The van der Waals surface area contributed by atoms with Crippen LogP contribution in [0, 0.1) is 12.7 Å². The fourth-order valence-corrected chi connectivity index (χ4v) is 2.86. The predicted octanol–water partition coefficient (Wildman–Crippen LogP) is 4.97. The Morgan fingerprint density at radius 3 is 2.68 bits per heavy atom. The number of carbonyl (C=O) groups excluding carboxylic acids is 1. The van der Waals surface area contributed by atoms with Crippen LogP contribution in [0.25, 0.3) is 11.8 Å². The summed E-state index contributed by atoms with van der Waals surface area (Å²) in [4.78, 5) is 16.3. The smallest absolute Gasteiger partial charge is 0.387 e. The number of aryl methyl sites for hydroxylation is 1. The first-order chi connectivity index (χ1) is 14.9. The van der Waals surface area contributed by atoms with E-state index >= 15 is 0 Å². The van der Waals surface area contributed by atoms with Crippen molar-refractivity contribution in [3.05, 3.63) is 72.1 Å². The summed E-state index contributed by atoms with van der Waals surface area (Å²) < 4.78 is 50.7. The average Bonchev–Trinajstić information content (AvgIpc) is 3.14. The molecule has 0 atom stereocenters. The highest BCUT2D eigenvalue weighted by Crippen LogP contribution is 2.30. The number of carbonyl (C=O) groups is 1. The van der Waals surface area contributed by atoms with Crippen LogP contribution < -0.4 is 14.8 Å². The summed E-state index contributed by atoms with van der Waals surface area (Å²) >= 11 is 0. The first-order valence-corrected chi connectivity index (χ1v) is 9.38. The molecule has 0 fully saturated rings. The van der Waals surface area contributed by atoms with Gasteiger partial charge >= 0.3 is 6.61 Å². The third kappa shape index (κ3) is 5.65. The highest BCUT2D eigenvalue weighted by atomic mass is 19.3. The Hall–Kier alpha value is -3.75. The second kappa shape index (κ2) is 9.84. The Labute approximate surface area is 176 Å². The standard InChI is InChI=1S/C22H20F3N3O3/c1-3-30-20-12-15(4-8-19(20)31-22(24)25)5-9-21(29)27-16-6-7-18(17(23)13-16)28-11-10-26-14(28)2/h4-13,22H,3H2,1-2H3,(H,27,29). The predicted molar refractivity (Wildman–Crippen MR) is 110 cm³/mol. The van der Waals surface area contributed by atoms with Gasteiger partial charge in [0.1, 0.15) is 11.6 Å². The van der Waals surface area contributed by atoms with Crippen LogP contribution in [-0.2, 0) is 4.79 Å². The number of rotatable bonds is 8. The number of nitrogens with zero attached hydrogens (tertiary/aromatic N) is 2. The molecule has 9 heteroatoms. The Bertz CT molecular complexity index is 1100. The van der Waals surface area contributed by atoms with Crippen LogP contribution in [0.15, 0.2) is 54.9 Å². The first kappa shape index (κ1) is 21.9. The second-order valence-electron chi connectivity index (χ2n) is 6.35. The van der Waals surface area contributed by atoms with Crippen molar-refractivity contribution < 1.29 is 27.4 Å². The molecule has 31 heavy (non-hydrogen) atoms. The van der Waals surface area contributed by atoms with E-state index in [0.717, 1.165) is 0 Å². The maximum Gasteiger partial charge on any atom is 0.387 e. The zero-order chi connectivity index (χ0) is 22.4. The normalized spacial score (nSPS) is 11.2. The van der Waals surface area contributed by atoms with E-state index in [1.165, 1.54) is 36.4 Å². The van der Waals surface area contributed by atoms with Crippen LogP contribution >= 0.6 is 0 Å². The van der Waals surface area contributed by atoms with Crippen molar-refractivity contribution in [3.63, 3.8) is 0 Å². The molecule has 0 aliphatic heterocycles. The van der Waals surface area contributed by atoms with Crippen molar-refractivity contribution in [2.24, 2.45) is 0 Å². The lowest BCUT2D eigenvalue weighted by molar-refractivity contribution is -0.111. The molecule has 1 amide bonds. The summed E-state index contributed by atoms with van der Waals surface area (Å²) in [6.45, 7) is 0.743. The Balaban J connectivity index is 1.70. The van der Waals surface area contributed by atoms with Crippen molar-refractivity contribution >= 4 is 17.7 Å². The molecule has 0 radical (unpaired) electrons. The van der Waals surface area contributed by atoms with E-state index < -0.39 is 18.3 Å². The van der Waals surface area contributed by atoms with Gasteiger partial charge in [-0.05, 0) is 55.8 Å². The molecule has 2 aromatic carbocycles. The SMILES string of the molecule is CCOc1cc(C=CC(=O)Nc2ccc(-n3ccnc3C)c(F)c2)ccc1OC(F)F. The number of nitrogens with one attached hydrogen (secondary N) is 1. The highest BCUT2D eigenvalue weighted by molar-refractivity contribution is 6.02. The Kier molecular flexibility index (Phi) is 6.96. The molecule has 1 aromatic heterocycles. The molecule has 6 nitrogen and oxygen atoms in total. The largest absolute Gasteiger partial charge is 0.490 e. The Morgan fingerprint density at radius 1 is 1.23 bits per heavy atom. The van der Waals surface area contributed by atoms with Gasteiger partial charge in [0, 0.05) is 24.2 Å². The lowest BCUT2D eigenvalue weighted by atomic mass is 10.2. The molecule has 0 saturated heterocycles. The van der Waals surface area contributed by atoms with Crippen LogP contribution in [0.2, 0.25) is 0 Å². The van der Waals surface area contributed by atoms with Gasteiger partial charge in [-0.1, -0.05) is 6.07 Å². The van der Waals surface area contributed by atoms with Gasteiger partial charge in [0.25, 0.3) is 0 Å². The molecule has 1 N–H and O–H groups in total. The third-order valence-corrected chi connectivity index (χ3v) is 4.21. The zero-order valence-electron chi connectivity index (χ0n) is 16.8. The Morgan fingerprint density at radius 2 is 2.03 bits per heavy atom. The molecule has 0 bridgehead atoms. The van der Waals surface area contributed by atoms with Gasteiger partial charge in [-0.3, -0.25) is 4.79 Å². The van der Waals surface area contributed by atoms with Crippen LogP contribution in [0.5, 0.6) is 11.5 Å². The molecule has 3 rings (SSSR count). The maximum atomic E-state index is 14.4. The number of benzene rings is 2. The van der Waals surface area contributed by atoms with Gasteiger partial charge < -0.3 is 19.4 Å². The average molecular weight is 431 g/mol. The fraction of sp³-hybridized carbons (Fsp3) is 0.182. The number of imidazole rings is 1. The maximum absolute atomic E-state index is 14.4. The van der Waals surface area contributed by atoms with Crippen molar-refractivity contribution in [3.8, 4) is 17.2 Å². The van der Waals surface area contributed by atoms with Crippen LogP contribution in [-0.4, -0.2) is 28.7 Å². The van der Waals surface area contributed by atoms with Gasteiger partial charge in [0.05, 0.1) is 12.3 Å². The van der Waals surface area contributed by atoms with Crippen molar-refractivity contribution in [2.45, 2.75) is 20.5 Å². The molecule has 1 heterocycles. The van der Waals surface area contributed by atoms with E-state index in [0.29, 0.717) is 17.1 Å². The fourth-order valence-electron chi connectivity index (χ4n) is 2.86. The summed E-state index contributed by atoms with van der Waals surface area (Å²) in [5.74, 6) is -0.328. The van der Waals surface area contributed by atoms with Crippen molar-refractivity contribution in [1.82, 2.24) is 9.55 Å². The van der Waals surface area contributed by atoms with Crippen LogP contribution in [0.3, 0.4) is 0 Å².